The molecule has 0 aromatic heterocycles. The van der Waals surface area contributed by atoms with E-state index in [-0.39, 0.29) is 31.5 Å². The number of amides is 3. The fourth-order valence-electron chi connectivity index (χ4n) is 1.34. The van der Waals surface area contributed by atoms with Gasteiger partial charge < -0.3 is 21.1 Å². The molecule has 0 aliphatic rings. The second kappa shape index (κ2) is 7.90. The zero-order valence-corrected chi connectivity index (χ0v) is 11.1. The minimum absolute atomic E-state index is 0.0621. The fourth-order valence-corrected chi connectivity index (χ4v) is 1.34. The Labute approximate surface area is 116 Å². The Hall–Kier alpha value is -2.41. The molecule has 0 saturated carbocycles. The molecule has 4 N–H and O–H groups in total. The Bertz CT molecular complexity index is 485. The van der Waals surface area contributed by atoms with Crippen LogP contribution >= 0.6 is 0 Å². The molecule has 1 aromatic rings. The number of hydrogen-bond acceptors (Lipinski definition) is 4. The number of carbonyl (C=O) groups is 3. The number of anilines is 1. The summed E-state index contributed by atoms with van der Waals surface area (Å²) in [6.45, 7) is 0.900. The largest absolute Gasteiger partial charge is 0.392 e. The molecule has 0 aliphatic carbocycles. The highest BCUT2D eigenvalue weighted by molar-refractivity contribution is 5.95. The monoisotopic (exact) mass is 279 g/mol. The summed E-state index contributed by atoms with van der Waals surface area (Å²) in [4.78, 5) is 33.4. The second-order valence-electron chi connectivity index (χ2n) is 4.09. The maximum absolute atomic E-state index is 11.5. The van der Waals surface area contributed by atoms with Gasteiger partial charge in [0, 0.05) is 12.6 Å². The summed E-state index contributed by atoms with van der Waals surface area (Å²) < 4.78 is 0. The standard InChI is InChI=1S/C13H17N3O4/c1-9(18)14-6-12(19)15-7-13(20)16-11-4-2-10(8-17)3-5-11/h2-5,17H,6-8H2,1H3,(H,14,18)(H,15,19)(H,16,20). The van der Waals surface area contributed by atoms with Gasteiger partial charge in [-0.15, -0.1) is 0 Å². The predicted octanol–water partition coefficient (Wildman–Crippen LogP) is -0.630. The predicted molar refractivity (Wildman–Crippen MR) is 72.7 cm³/mol. The minimum Gasteiger partial charge on any atom is -0.392 e. The van der Waals surface area contributed by atoms with Crippen molar-refractivity contribution in [3.8, 4) is 0 Å². The summed E-state index contributed by atoms with van der Waals surface area (Å²) in [5.74, 6) is -1.13. The van der Waals surface area contributed by atoms with Gasteiger partial charge in [-0.2, -0.15) is 0 Å². The molecule has 1 aromatic carbocycles. The summed E-state index contributed by atoms with van der Waals surface area (Å²) in [7, 11) is 0. The number of aliphatic hydroxyl groups is 1. The van der Waals surface area contributed by atoms with E-state index >= 15 is 0 Å². The summed E-state index contributed by atoms with van der Waals surface area (Å²) in [5.41, 5.74) is 1.31. The molecule has 108 valence electrons. The van der Waals surface area contributed by atoms with Gasteiger partial charge in [-0.25, -0.2) is 0 Å². The average Bonchev–Trinajstić information content (AvgIpc) is 2.43. The van der Waals surface area contributed by atoms with Crippen molar-refractivity contribution in [1.29, 1.82) is 0 Å². The number of carbonyl (C=O) groups excluding carboxylic acids is 3. The molecule has 0 atom stereocenters. The van der Waals surface area contributed by atoms with E-state index < -0.39 is 5.91 Å². The van der Waals surface area contributed by atoms with E-state index in [0.29, 0.717) is 5.69 Å². The van der Waals surface area contributed by atoms with Crippen LogP contribution in [0.4, 0.5) is 5.69 Å². The first-order valence-corrected chi connectivity index (χ1v) is 6.02. The lowest BCUT2D eigenvalue weighted by Gasteiger charge is -2.07. The van der Waals surface area contributed by atoms with Crippen molar-refractivity contribution >= 4 is 23.4 Å². The molecule has 0 bridgehead atoms. The maximum Gasteiger partial charge on any atom is 0.243 e. The number of rotatable bonds is 6. The molecule has 7 nitrogen and oxygen atoms in total. The molecular formula is C13H17N3O4. The lowest BCUT2D eigenvalue weighted by Crippen LogP contribution is -2.39. The molecule has 0 spiro atoms. The summed E-state index contributed by atoms with van der Waals surface area (Å²) in [6, 6.07) is 6.68. The van der Waals surface area contributed by atoms with Crippen molar-refractivity contribution in [2.24, 2.45) is 0 Å². The lowest BCUT2D eigenvalue weighted by atomic mass is 10.2. The van der Waals surface area contributed by atoms with Crippen LogP contribution in [0.3, 0.4) is 0 Å². The average molecular weight is 279 g/mol. The molecule has 20 heavy (non-hydrogen) atoms. The van der Waals surface area contributed by atoms with Crippen LogP contribution in [0, 0.1) is 0 Å². The lowest BCUT2D eigenvalue weighted by molar-refractivity contribution is -0.126. The highest BCUT2D eigenvalue weighted by atomic mass is 16.3. The molecule has 7 heteroatoms. The highest BCUT2D eigenvalue weighted by Gasteiger charge is 2.06. The number of hydrogen-bond donors (Lipinski definition) is 4. The SMILES string of the molecule is CC(=O)NCC(=O)NCC(=O)Nc1ccc(CO)cc1. The number of benzene rings is 1. The number of nitrogens with one attached hydrogen (secondary N) is 3. The van der Waals surface area contributed by atoms with Crippen LogP contribution in [0.5, 0.6) is 0 Å². The third kappa shape index (κ3) is 5.96. The van der Waals surface area contributed by atoms with Gasteiger partial charge >= 0.3 is 0 Å². The quantitative estimate of drug-likeness (QED) is 0.556. The zero-order chi connectivity index (χ0) is 15.0. The van der Waals surface area contributed by atoms with Gasteiger partial charge in [0.1, 0.15) is 0 Å². The van der Waals surface area contributed by atoms with E-state index in [9.17, 15) is 14.4 Å². The maximum atomic E-state index is 11.5. The molecule has 0 unspecified atom stereocenters. The van der Waals surface area contributed by atoms with Crippen LogP contribution < -0.4 is 16.0 Å². The van der Waals surface area contributed by atoms with Crippen LogP contribution in [0.1, 0.15) is 12.5 Å². The van der Waals surface area contributed by atoms with Gasteiger partial charge in [0.15, 0.2) is 0 Å². The van der Waals surface area contributed by atoms with Gasteiger partial charge in [0.25, 0.3) is 0 Å². The molecule has 0 heterocycles. The minimum atomic E-state index is -0.439. The highest BCUT2D eigenvalue weighted by Crippen LogP contribution is 2.08. The van der Waals surface area contributed by atoms with E-state index in [2.05, 4.69) is 16.0 Å². The van der Waals surface area contributed by atoms with E-state index in [4.69, 9.17) is 5.11 Å². The molecule has 3 amide bonds. The Morgan fingerprint density at radius 1 is 1.00 bits per heavy atom. The molecule has 0 radical (unpaired) electrons. The van der Waals surface area contributed by atoms with E-state index in [1.807, 2.05) is 0 Å². The first-order chi connectivity index (χ1) is 9.51. The van der Waals surface area contributed by atoms with Crippen LogP contribution in [0.15, 0.2) is 24.3 Å². The Morgan fingerprint density at radius 2 is 1.60 bits per heavy atom. The molecule has 0 fully saturated rings. The van der Waals surface area contributed by atoms with E-state index in [0.717, 1.165) is 5.56 Å². The molecular weight excluding hydrogens is 262 g/mol. The van der Waals surface area contributed by atoms with Crippen LogP contribution in [0.2, 0.25) is 0 Å². The van der Waals surface area contributed by atoms with Gasteiger partial charge in [-0.1, -0.05) is 12.1 Å². The first-order valence-electron chi connectivity index (χ1n) is 6.02. The molecule has 1 rings (SSSR count). The Balaban J connectivity index is 2.32. The first kappa shape index (κ1) is 15.6. The number of aliphatic hydroxyl groups excluding tert-OH is 1. The third-order valence-corrected chi connectivity index (χ3v) is 2.36. The van der Waals surface area contributed by atoms with Crippen LogP contribution in [0.25, 0.3) is 0 Å². The van der Waals surface area contributed by atoms with Gasteiger partial charge in [-0.05, 0) is 17.7 Å². The van der Waals surface area contributed by atoms with Crippen molar-refractivity contribution in [2.75, 3.05) is 18.4 Å². The topological polar surface area (TPSA) is 108 Å². The van der Waals surface area contributed by atoms with Crippen molar-refractivity contribution in [1.82, 2.24) is 10.6 Å². The third-order valence-electron chi connectivity index (χ3n) is 2.36. The van der Waals surface area contributed by atoms with Crippen LogP contribution in [-0.4, -0.2) is 35.9 Å². The Morgan fingerprint density at radius 3 is 2.15 bits per heavy atom. The van der Waals surface area contributed by atoms with Gasteiger partial charge in [0.2, 0.25) is 17.7 Å². The fraction of sp³-hybridized carbons (Fsp3) is 0.308. The summed E-state index contributed by atoms with van der Waals surface area (Å²) in [5, 5.41) is 16.2. The van der Waals surface area contributed by atoms with Crippen LogP contribution in [-0.2, 0) is 21.0 Å². The van der Waals surface area contributed by atoms with Crippen molar-refractivity contribution in [3.05, 3.63) is 29.8 Å². The summed E-state index contributed by atoms with van der Waals surface area (Å²) >= 11 is 0. The van der Waals surface area contributed by atoms with Crippen molar-refractivity contribution in [3.63, 3.8) is 0 Å². The van der Waals surface area contributed by atoms with Gasteiger partial charge in [0.05, 0.1) is 19.7 Å². The van der Waals surface area contributed by atoms with Crippen molar-refractivity contribution < 1.29 is 19.5 Å². The smallest absolute Gasteiger partial charge is 0.243 e. The second-order valence-corrected chi connectivity index (χ2v) is 4.09. The van der Waals surface area contributed by atoms with E-state index in [1.54, 1.807) is 24.3 Å². The normalized spacial score (nSPS) is 9.70. The van der Waals surface area contributed by atoms with Crippen molar-refractivity contribution in [2.45, 2.75) is 13.5 Å². The van der Waals surface area contributed by atoms with Gasteiger partial charge in [-0.3, -0.25) is 14.4 Å². The van der Waals surface area contributed by atoms with E-state index in [1.165, 1.54) is 6.92 Å². The molecule has 0 saturated heterocycles. The zero-order valence-electron chi connectivity index (χ0n) is 11.1. The molecule has 0 aliphatic heterocycles. The summed E-state index contributed by atoms with van der Waals surface area (Å²) in [6.07, 6.45) is 0. The Kier molecular flexibility index (Phi) is 6.18.